The number of carbonyl (C=O) groups is 2. The van der Waals surface area contributed by atoms with Crippen LogP contribution in [0.4, 0.5) is 0 Å². The molecular formula is C9H4Cl4O3. The van der Waals surface area contributed by atoms with E-state index in [-0.39, 0.29) is 20.6 Å². The Labute approximate surface area is 111 Å². The van der Waals surface area contributed by atoms with Crippen LogP contribution in [-0.4, -0.2) is 17.8 Å². The van der Waals surface area contributed by atoms with Crippen molar-refractivity contribution in [3.05, 3.63) is 32.8 Å². The minimum Gasteiger partial charge on any atom is -0.388 e. The topological polar surface area (TPSA) is 43.4 Å². The number of hydrogen-bond donors (Lipinski definition) is 0. The van der Waals surface area contributed by atoms with Crippen LogP contribution >= 0.6 is 46.4 Å². The first kappa shape index (κ1) is 13.6. The lowest BCUT2D eigenvalue weighted by atomic mass is 10.2. The molecule has 1 rings (SSSR count). The van der Waals surface area contributed by atoms with Crippen molar-refractivity contribution >= 4 is 58.3 Å². The molecule has 1 aromatic carbocycles. The first-order chi connectivity index (χ1) is 7.45. The van der Waals surface area contributed by atoms with Crippen molar-refractivity contribution in [2.45, 2.75) is 0 Å². The number of carbonyl (C=O) groups excluding carboxylic acids is 2. The van der Waals surface area contributed by atoms with Crippen LogP contribution < -0.4 is 0 Å². The van der Waals surface area contributed by atoms with Crippen molar-refractivity contribution in [3.63, 3.8) is 0 Å². The molecular weight excluding hydrogens is 298 g/mol. The number of halogens is 4. The standard InChI is InChI=1S/C9H4Cl4O3/c10-3-7(14)16-9(15)8-5(12)1-4(11)2-6(8)13/h1-2H,3H2. The van der Waals surface area contributed by atoms with Crippen LogP contribution in [0.5, 0.6) is 0 Å². The average Bonchev–Trinajstić information content (AvgIpc) is 2.15. The van der Waals surface area contributed by atoms with Crippen LogP contribution in [0.1, 0.15) is 10.4 Å². The van der Waals surface area contributed by atoms with Crippen molar-refractivity contribution in [2.75, 3.05) is 5.88 Å². The van der Waals surface area contributed by atoms with Crippen LogP contribution in [0.15, 0.2) is 12.1 Å². The molecule has 0 fully saturated rings. The van der Waals surface area contributed by atoms with Crippen molar-refractivity contribution in [2.24, 2.45) is 0 Å². The van der Waals surface area contributed by atoms with Gasteiger partial charge in [-0.3, -0.25) is 4.79 Å². The summed E-state index contributed by atoms with van der Waals surface area (Å²) in [5.74, 6) is -2.28. The maximum atomic E-state index is 11.5. The Morgan fingerprint density at radius 2 is 1.62 bits per heavy atom. The van der Waals surface area contributed by atoms with Gasteiger partial charge in [-0.2, -0.15) is 0 Å². The van der Waals surface area contributed by atoms with Gasteiger partial charge in [0.2, 0.25) is 0 Å². The van der Waals surface area contributed by atoms with Gasteiger partial charge in [0.25, 0.3) is 0 Å². The van der Waals surface area contributed by atoms with Crippen LogP contribution in [0, 0.1) is 0 Å². The van der Waals surface area contributed by atoms with Crippen LogP contribution in [0.2, 0.25) is 15.1 Å². The summed E-state index contributed by atoms with van der Waals surface area (Å²) in [7, 11) is 0. The van der Waals surface area contributed by atoms with Gasteiger partial charge < -0.3 is 4.74 Å². The van der Waals surface area contributed by atoms with E-state index in [1.807, 2.05) is 0 Å². The Morgan fingerprint density at radius 3 is 2.06 bits per heavy atom. The molecule has 0 radical (unpaired) electrons. The average molecular weight is 302 g/mol. The summed E-state index contributed by atoms with van der Waals surface area (Å²) < 4.78 is 4.37. The summed E-state index contributed by atoms with van der Waals surface area (Å²) in [5, 5.41) is 0.282. The summed E-state index contributed by atoms with van der Waals surface area (Å²) in [6.07, 6.45) is 0. The molecule has 0 atom stereocenters. The van der Waals surface area contributed by atoms with Crippen LogP contribution in [-0.2, 0) is 9.53 Å². The van der Waals surface area contributed by atoms with Gasteiger partial charge in [-0.25, -0.2) is 4.79 Å². The van der Waals surface area contributed by atoms with E-state index in [9.17, 15) is 9.59 Å². The largest absolute Gasteiger partial charge is 0.388 e. The molecule has 7 heteroatoms. The van der Waals surface area contributed by atoms with Gasteiger partial charge in [0.1, 0.15) is 5.88 Å². The predicted octanol–water partition coefficient (Wildman–Crippen LogP) is 3.57. The number of ether oxygens (including phenoxy) is 1. The SMILES string of the molecule is O=C(CCl)OC(=O)c1c(Cl)cc(Cl)cc1Cl. The molecule has 0 saturated heterocycles. The molecule has 0 aliphatic carbocycles. The summed E-state index contributed by atoms with van der Waals surface area (Å²) in [4.78, 5) is 22.3. The van der Waals surface area contributed by atoms with Crippen LogP contribution in [0.25, 0.3) is 0 Å². The summed E-state index contributed by atoms with van der Waals surface area (Å²) in [5.41, 5.74) is -0.119. The molecule has 0 N–H and O–H groups in total. The Morgan fingerprint density at radius 1 is 1.12 bits per heavy atom. The summed E-state index contributed by atoms with van der Waals surface area (Å²) >= 11 is 22.3. The molecule has 0 amide bonds. The maximum Gasteiger partial charge on any atom is 0.348 e. The molecule has 0 spiro atoms. The molecule has 0 unspecified atom stereocenters. The predicted molar refractivity (Wildman–Crippen MR) is 62.6 cm³/mol. The Kier molecular flexibility index (Phi) is 4.87. The number of rotatable bonds is 2. The van der Waals surface area contributed by atoms with E-state index in [1.54, 1.807) is 0 Å². The molecule has 0 aliphatic heterocycles. The van der Waals surface area contributed by atoms with E-state index in [2.05, 4.69) is 4.74 Å². The Bertz CT molecular complexity index is 421. The van der Waals surface area contributed by atoms with Gasteiger partial charge in [0, 0.05) is 5.02 Å². The normalized spacial score (nSPS) is 10.0. The number of hydrogen-bond acceptors (Lipinski definition) is 3. The van der Waals surface area contributed by atoms with Gasteiger partial charge in [-0.1, -0.05) is 34.8 Å². The monoisotopic (exact) mass is 300 g/mol. The van der Waals surface area contributed by atoms with Crippen molar-refractivity contribution in [1.29, 1.82) is 0 Å². The number of benzene rings is 1. The second-order valence-electron chi connectivity index (χ2n) is 2.64. The minimum absolute atomic E-state index is 0.00451. The second kappa shape index (κ2) is 5.73. The zero-order valence-electron chi connectivity index (χ0n) is 7.60. The Hall–Kier alpha value is -0.480. The maximum absolute atomic E-state index is 11.5. The van der Waals surface area contributed by atoms with Crippen molar-refractivity contribution < 1.29 is 14.3 Å². The summed E-state index contributed by atoms with van der Waals surface area (Å²) in [6.45, 7) is 0. The molecule has 1 aromatic rings. The second-order valence-corrected chi connectivity index (χ2v) is 4.16. The summed E-state index contributed by atoms with van der Waals surface area (Å²) in [6, 6.07) is 2.63. The van der Waals surface area contributed by atoms with Crippen LogP contribution in [0.3, 0.4) is 0 Å². The fourth-order valence-corrected chi connectivity index (χ4v) is 1.94. The highest BCUT2D eigenvalue weighted by molar-refractivity contribution is 6.42. The molecule has 0 heterocycles. The zero-order valence-corrected chi connectivity index (χ0v) is 10.6. The van der Waals surface area contributed by atoms with Crippen molar-refractivity contribution in [3.8, 4) is 0 Å². The van der Waals surface area contributed by atoms with Gasteiger partial charge in [-0.15, -0.1) is 11.6 Å². The fraction of sp³-hybridized carbons (Fsp3) is 0.111. The van der Waals surface area contributed by atoms with Crippen molar-refractivity contribution in [1.82, 2.24) is 0 Å². The van der Waals surface area contributed by atoms with Gasteiger partial charge in [-0.05, 0) is 12.1 Å². The molecule has 86 valence electrons. The third kappa shape index (κ3) is 3.25. The molecule has 0 aliphatic rings. The molecule has 16 heavy (non-hydrogen) atoms. The Balaban J connectivity index is 3.04. The quantitative estimate of drug-likeness (QED) is 0.476. The van der Waals surface area contributed by atoms with E-state index in [0.717, 1.165) is 0 Å². The number of alkyl halides is 1. The third-order valence-corrected chi connectivity index (χ3v) is 2.56. The molecule has 0 bridgehead atoms. The highest BCUT2D eigenvalue weighted by Gasteiger charge is 2.19. The van der Waals surface area contributed by atoms with Gasteiger partial charge in [0.05, 0.1) is 15.6 Å². The van der Waals surface area contributed by atoms with Gasteiger partial charge in [0.15, 0.2) is 0 Å². The van der Waals surface area contributed by atoms with E-state index in [0.29, 0.717) is 0 Å². The first-order valence-corrected chi connectivity index (χ1v) is 5.58. The smallest absolute Gasteiger partial charge is 0.348 e. The van der Waals surface area contributed by atoms with Gasteiger partial charge >= 0.3 is 11.9 Å². The first-order valence-electron chi connectivity index (χ1n) is 3.91. The molecule has 0 aromatic heterocycles. The van der Waals surface area contributed by atoms with E-state index in [4.69, 9.17) is 46.4 Å². The minimum atomic E-state index is -0.961. The lowest BCUT2D eigenvalue weighted by molar-refractivity contribution is -0.135. The highest BCUT2D eigenvalue weighted by atomic mass is 35.5. The van der Waals surface area contributed by atoms with E-state index >= 15 is 0 Å². The van der Waals surface area contributed by atoms with E-state index < -0.39 is 17.8 Å². The third-order valence-electron chi connectivity index (χ3n) is 1.53. The molecule has 0 saturated carbocycles. The number of esters is 2. The zero-order chi connectivity index (χ0) is 12.3. The lowest BCUT2D eigenvalue weighted by Gasteiger charge is -2.05. The highest BCUT2D eigenvalue weighted by Crippen LogP contribution is 2.29. The van der Waals surface area contributed by atoms with E-state index in [1.165, 1.54) is 12.1 Å². The lowest BCUT2D eigenvalue weighted by Crippen LogP contribution is -2.14. The molecule has 3 nitrogen and oxygen atoms in total. The fourth-order valence-electron chi connectivity index (χ4n) is 0.919.